The van der Waals surface area contributed by atoms with Gasteiger partial charge in [0, 0.05) is 41.5 Å². The van der Waals surface area contributed by atoms with Crippen molar-refractivity contribution in [3.8, 4) is 0 Å². The molecule has 0 rings (SSSR count). The Morgan fingerprint density at radius 3 is 0.561 bits per heavy atom. The zero-order chi connectivity index (χ0) is 33.8. The van der Waals surface area contributed by atoms with E-state index in [1.54, 1.807) is 27.7 Å². The molecule has 0 N–H and O–H groups in total. The van der Waals surface area contributed by atoms with Crippen molar-refractivity contribution in [2.75, 3.05) is 0 Å². The fraction of sp³-hybridized carbons (Fsp3) is 0.545. The minimum Gasteiger partial charge on any atom is -0.542 e. The van der Waals surface area contributed by atoms with E-state index in [-0.39, 0.29) is 33.9 Å². The van der Waals surface area contributed by atoms with Gasteiger partial charge < -0.3 is 39.6 Å². The SMILES string of the molecule is CC(=O)C(=O)[O-].CC(=O)C(=O)[O-].CC(=O)C(=O)[O-].CC(=O)C(=O)[O-].CC(=O)OOC(C)C.CC(=O)OOC(C)C.[Ti+4]. The third-order valence-corrected chi connectivity index (χ3v) is 1.87. The molecule has 19 heteroatoms. The first-order chi connectivity index (χ1) is 17.8. The van der Waals surface area contributed by atoms with Gasteiger partial charge in [0.05, 0.1) is 12.2 Å². The predicted octanol–water partition coefficient (Wildman–Crippen LogP) is -4.92. The van der Waals surface area contributed by atoms with Crippen LogP contribution in [0, 0.1) is 0 Å². The first-order valence-electron chi connectivity index (χ1n) is 10.4. The Balaban J connectivity index is -0.0000000677. The number of aliphatic carboxylic acids is 4. The van der Waals surface area contributed by atoms with E-state index in [0.29, 0.717) is 0 Å². The Kier molecular flexibility index (Phi) is 44.5. The molecule has 41 heavy (non-hydrogen) atoms. The van der Waals surface area contributed by atoms with Gasteiger partial charge in [-0.05, 0) is 27.7 Å². The van der Waals surface area contributed by atoms with Crippen LogP contribution in [0.5, 0.6) is 0 Å². The second-order valence-electron chi connectivity index (χ2n) is 6.81. The first kappa shape index (κ1) is 53.4. The van der Waals surface area contributed by atoms with Crippen molar-refractivity contribution < 1.29 is 110 Å². The largest absolute Gasteiger partial charge is 4.00 e. The molecular weight excluding hydrogens is 600 g/mol. The van der Waals surface area contributed by atoms with Crippen molar-refractivity contribution in [2.24, 2.45) is 0 Å². The van der Waals surface area contributed by atoms with Crippen molar-refractivity contribution >= 4 is 58.9 Å². The second-order valence-corrected chi connectivity index (χ2v) is 6.81. The van der Waals surface area contributed by atoms with Crippen LogP contribution < -0.4 is 20.4 Å². The van der Waals surface area contributed by atoms with Crippen LogP contribution in [0.1, 0.15) is 69.2 Å². The van der Waals surface area contributed by atoms with Crippen LogP contribution in [0.25, 0.3) is 0 Å². The molecule has 0 heterocycles. The maximum absolute atomic E-state index is 10.0. The van der Waals surface area contributed by atoms with Gasteiger partial charge >= 0.3 is 33.7 Å². The zero-order valence-corrected chi connectivity index (χ0v) is 25.6. The van der Waals surface area contributed by atoms with Gasteiger partial charge in [0.25, 0.3) is 0 Å². The quantitative estimate of drug-likeness (QED) is 0.105. The number of carboxylic acids is 4. The van der Waals surface area contributed by atoms with E-state index in [0.717, 1.165) is 27.7 Å². The van der Waals surface area contributed by atoms with E-state index in [1.165, 1.54) is 13.8 Å². The number of hydrogen-bond acceptors (Lipinski definition) is 18. The molecular formula is C22H32O18Ti. The molecule has 0 bridgehead atoms. The molecule has 0 aliphatic heterocycles. The number of carbonyl (C=O) groups excluding carboxylic acids is 10. The summed E-state index contributed by atoms with van der Waals surface area (Å²) < 4.78 is 0. The van der Waals surface area contributed by atoms with Gasteiger partial charge in [0.15, 0.2) is 23.1 Å². The molecule has 0 saturated heterocycles. The van der Waals surface area contributed by atoms with Crippen LogP contribution in [0.3, 0.4) is 0 Å². The Bertz CT molecular complexity index is 695. The summed E-state index contributed by atoms with van der Waals surface area (Å²) >= 11 is 0. The average Bonchev–Trinajstić information content (AvgIpc) is 2.78. The van der Waals surface area contributed by atoms with Gasteiger partial charge in [-0.1, -0.05) is 0 Å². The predicted molar refractivity (Wildman–Crippen MR) is 119 cm³/mol. The van der Waals surface area contributed by atoms with Crippen LogP contribution in [0.4, 0.5) is 0 Å². The molecule has 0 saturated carbocycles. The Morgan fingerprint density at radius 1 is 0.415 bits per heavy atom. The number of Topliss-reactive ketones (excluding diaryl/α,β-unsaturated/α-hetero) is 4. The average molecular weight is 632 g/mol. The number of carboxylic acid groups (broad SMARTS) is 4. The molecule has 0 radical (unpaired) electrons. The molecule has 232 valence electrons. The fourth-order valence-electron chi connectivity index (χ4n) is 0.328. The molecule has 0 aromatic carbocycles. The molecule has 0 amide bonds. The van der Waals surface area contributed by atoms with E-state index in [9.17, 15) is 68.4 Å². The minimum absolute atomic E-state index is 0. The van der Waals surface area contributed by atoms with Crippen LogP contribution in [-0.2, 0) is 89.2 Å². The molecule has 0 unspecified atom stereocenters. The summed E-state index contributed by atoms with van der Waals surface area (Å²) in [5, 5.41) is 37.0. The van der Waals surface area contributed by atoms with Crippen molar-refractivity contribution in [1.82, 2.24) is 0 Å². The Morgan fingerprint density at radius 2 is 0.537 bits per heavy atom. The van der Waals surface area contributed by atoms with Crippen molar-refractivity contribution in [1.29, 1.82) is 0 Å². The smallest absolute Gasteiger partial charge is 0.542 e. The number of carbonyl (C=O) groups is 10. The van der Waals surface area contributed by atoms with Crippen molar-refractivity contribution in [2.45, 2.75) is 81.4 Å². The Labute approximate surface area is 250 Å². The topological polar surface area (TPSA) is 300 Å². The summed E-state index contributed by atoms with van der Waals surface area (Å²) in [6.45, 7) is 13.5. The molecule has 0 atom stereocenters. The molecule has 0 aliphatic carbocycles. The number of hydrogen-bond donors (Lipinski definition) is 0. The van der Waals surface area contributed by atoms with Crippen LogP contribution in [-0.4, -0.2) is 71.2 Å². The van der Waals surface area contributed by atoms with Crippen LogP contribution >= 0.6 is 0 Å². The van der Waals surface area contributed by atoms with Gasteiger partial charge in [-0.2, -0.15) is 9.78 Å². The molecule has 0 spiro atoms. The monoisotopic (exact) mass is 632 g/mol. The maximum atomic E-state index is 10.0. The summed E-state index contributed by atoms with van der Waals surface area (Å²) in [6.07, 6.45) is -0.113. The van der Waals surface area contributed by atoms with Crippen LogP contribution in [0.15, 0.2) is 0 Å². The second kappa shape index (κ2) is 34.2. The third-order valence-electron chi connectivity index (χ3n) is 1.87. The van der Waals surface area contributed by atoms with Crippen molar-refractivity contribution in [3.63, 3.8) is 0 Å². The van der Waals surface area contributed by atoms with E-state index in [1.807, 2.05) is 0 Å². The summed E-state index contributed by atoms with van der Waals surface area (Å²) in [6, 6.07) is 0. The summed E-state index contributed by atoms with van der Waals surface area (Å²) in [7, 11) is 0. The van der Waals surface area contributed by atoms with Gasteiger partial charge in [-0.3, -0.25) is 29.0 Å². The van der Waals surface area contributed by atoms with Gasteiger partial charge in [-0.25, -0.2) is 9.59 Å². The van der Waals surface area contributed by atoms with E-state index in [4.69, 9.17) is 0 Å². The standard InChI is InChI=1S/2C5H10O3.4C3H4O3.Ti/c2*1-4(2)7-8-5(3)6;4*1-2(4)3(5)6;/h2*4H,1-3H3;4*1H3,(H,5,6);/q;;;;;;+4/p-4. The van der Waals surface area contributed by atoms with E-state index in [2.05, 4.69) is 19.6 Å². The molecule has 0 aromatic rings. The zero-order valence-electron chi connectivity index (χ0n) is 24.0. The normalized spacial score (nSPS) is 8.10. The maximum Gasteiger partial charge on any atom is 4.00 e. The third kappa shape index (κ3) is 85.9. The van der Waals surface area contributed by atoms with Crippen molar-refractivity contribution in [3.05, 3.63) is 0 Å². The van der Waals surface area contributed by atoms with Gasteiger partial charge in [-0.15, -0.1) is 0 Å². The molecule has 0 aliphatic rings. The minimum atomic E-state index is -1.63. The Hall–Kier alpha value is -3.87. The summed E-state index contributed by atoms with van der Waals surface area (Å²) in [4.78, 5) is 112. The van der Waals surface area contributed by atoms with Gasteiger partial charge in [0.2, 0.25) is 0 Å². The fourth-order valence-corrected chi connectivity index (χ4v) is 0.328. The van der Waals surface area contributed by atoms with Gasteiger partial charge in [0.1, 0.15) is 23.9 Å². The summed E-state index contributed by atoms with van der Waals surface area (Å²) in [5.74, 6) is -11.1. The molecule has 0 aromatic heterocycles. The van der Waals surface area contributed by atoms with E-state index >= 15 is 0 Å². The van der Waals surface area contributed by atoms with E-state index < -0.39 is 58.9 Å². The van der Waals surface area contributed by atoms with Crippen LogP contribution in [0.2, 0.25) is 0 Å². The summed E-state index contributed by atoms with van der Waals surface area (Å²) in [5.41, 5.74) is 0. The molecule has 0 fully saturated rings. The molecule has 18 nitrogen and oxygen atoms in total. The number of ketones is 4. The number of rotatable bonds is 8. The first-order valence-corrected chi connectivity index (χ1v) is 10.4.